The third-order valence-electron chi connectivity index (χ3n) is 3.88. The van der Waals surface area contributed by atoms with Crippen LogP contribution in [0.3, 0.4) is 0 Å². The van der Waals surface area contributed by atoms with Crippen molar-refractivity contribution in [2.45, 2.75) is 44.8 Å². The number of carbonyl (C=O) groups is 1. The molecule has 0 aromatic rings. The minimum Gasteiger partial charge on any atom is -0.325 e. The molecule has 0 bridgehead atoms. The molecule has 2 rings (SSSR count). The highest BCUT2D eigenvalue weighted by Gasteiger charge is 2.40. The number of rotatable bonds is 4. The van der Waals surface area contributed by atoms with Crippen LogP contribution >= 0.6 is 0 Å². The van der Waals surface area contributed by atoms with Crippen LogP contribution in [-0.4, -0.2) is 45.8 Å². The Bertz CT molecular complexity index is 316. The summed E-state index contributed by atoms with van der Waals surface area (Å²) in [4.78, 5) is 14.0. The van der Waals surface area contributed by atoms with Crippen molar-refractivity contribution in [3.63, 3.8) is 0 Å². The maximum absolute atomic E-state index is 12.0. The Morgan fingerprint density at radius 1 is 1.41 bits per heavy atom. The molecule has 1 amide bonds. The Kier molecular flexibility index (Phi) is 4.20. The summed E-state index contributed by atoms with van der Waals surface area (Å²) >= 11 is 0. The van der Waals surface area contributed by atoms with Gasteiger partial charge in [-0.2, -0.15) is 0 Å². The highest BCUT2D eigenvalue weighted by Crippen LogP contribution is 2.31. The molecule has 3 unspecified atom stereocenters. The largest absolute Gasteiger partial charge is 0.325 e. The van der Waals surface area contributed by atoms with Crippen molar-refractivity contribution < 1.29 is 9.00 Å². The summed E-state index contributed by atoms with van der Waals surface area (Å²) in [7, 11) is -0.826. The van der Waals surface area contributed by atoms with Crippen LogP contribution in [-0.2, 0) is 15.6 Å². The first-order chi connectivity index (χ1) is 8.09. The van der Waals surface area contributed by atoms with Crippen molar-refractivity contribution in [3.05, 3.63) is 0 Å². The summed E-state index contributed by atoms with van der Waals surface area (Å²) in [5.41, 5.74) is 0. The molecule has 1 N–H and O–H groups in total. The molecule has 1 heterocycles. The second kappa shape index (κ2) is 5.48. The molecule has 4 nitrogen and oxygen atoms in total. The van der Waals surface area contributed by atoms with E-state index in [2.05, 4.69) is 5.32 Å². The van der Waals surface area contributed by atoms with E-state index < -0.39 is 10.8 Å². The fourth-order valence-electron chi connectivity index (χ4n) is 2.94. The van der Waals surface area contributed by atoms with E-state index in [-0.39, 0.29) is 18.1 Å². The van der Waals surface area contributed by atoms with E-state index in [0.29, 0.717) is 18.2 Å². The summed E-state index contributed by atoms with van der Waals surface area (Å²) in [5, 5.41) is 3.40. The zero-order chi connectivity index (χ0) is 12.4. The molecule has 0 aromatic heterocycles. The monoisotopic (exact) mass is 258 g/mol. The molecule has 98 valence electrons. The van der Waals surface area contributed by atoms with Gasteiger partial charge in [0.05, 0.1) is 12.2 Å². The van der Waals surface area contributed by atoms with Crippen molar-refractivity contribution in [1.29, 1.82) is 0 Å². The Hall–Kier alpha value is -0.420. The Morgan fingerprint density at radius 2 is 2.06 bits per heavy atom. The molecule has 1 aliphatic heterocycles. The number of carbonyl (C=O) groups excluding carboxylic acids is 1. The molecular formula is C12H22N2O2S. The lowest BCUT2D eigenvalue weighted by molar-refractivity contribution is -0.130. The van der Waals surface area contributed by atoms with Gasteiger partial charge in [0.25, 0.3) is 0 Å². The fraction of sp³-hybridized carbons (Fsp3) is 0.917. The van der Waals surface area contributed by atoms with Gasteiger partial charge in [0.2, 0.25) is 5.91 Å². The van der Waals surface area contributed by atoms with Crippen LogP contribution in [0.4, 0.5) is 0 Å². The van der Waals surface area contributed by atoms with E-state index in [9.17, 15) is 9.00 Å². The predicted molar refractivity (Wildman–Crippen MR) is 69.0 cm³/mol. The minimum atomic E-state index is -0.826. The second-order valence-electron chi connectivity index (χ2n) is 5.19. The van der Waals surface area contributed by atoms with Crippen LogP contribution in [0, 0.1) is 5.92 Å². The van der Waals surface area contributed by atoms with Gasteiger partial charge in [-0.25, -0.2) is 0 Å². The maximum Gasteiger partial charge on any atom is 0.240 e. The molecule has 17 heavy (non-hydrogen) atoms. The third kappa shape index (κ3) is 2.88. The van der Waals surface area contributed by atoms with E-state index in [1.807, 2.05) is 11.8 Å². The van der Waals surface area contributed by atoms with Gasteiger partial charge in [-0.3, -0.25) is 14.3 Å². The summed E-state index contributed by atoms with van der Waals surface area (Å²) in [6.45, 7) is 2.55. The lowest BCUT2D eigenvalue weighted by Gasteiger charge is -2.28. The minimum absolute atomic E-state index is 0.0779. The number of hydrogen-bond donors (Lipinski definition) is 1. The van der Waals surface area contributed by atoms with Crippen molar-refractivity contribution >= 4 is 16.7 Å². The van der Waals surface area contributed by atoms with Crippen molar-refractivity contribution in [1.82, 2.24) is 10.2 Å². The zero-order valence-corrected chi connectivity index (χ0v) is 11.5. The Labute approximate surface area is 106 Å². The van der Waals surface area contributed by atoms with Gasteiger partial charge in [-0.1, -0.05) is 12.8 Å². The summed E-state index contributed by atoms with van der Waals surface area (Å²) in [6, 6.07) is -0.0779. The van der Waals surface area contributed by atoms with Crippen LogP contribution in [0.15, 0.2) is 0 Å². The third-order valence-corrected chi connectivity index (χ3v) is 4.63. The summed E-state index contributed by atoms with van der Waals surface area (Å²) in [5.74, 6) is 1.35. The van der Waals surface area contributed by atoms with Crippen LogP contribution < -0.4 is 5.32 Å². The molecule has 1 saturated carbocycles. The van der Waals surface area contributed by atoms with Gasteiger partial charge < -0.3 is 4.90 Å². The molecule has 3 atom stereocenters. The van der Waals surface area contributed by atoms with E-state index >= 15 is 0 Å². The maximum atomic E-state index is 12.0. The molecule has 1 aliphatic carbocycles. The van der Waals surface area contributed by atoms with Gasteiger partial charge in [0.1, 0.15) is 0 Å². The SMILES string of the molecule is CC1NC(C2CCCC2)N(CCS(C)=O)C1=O. The van der Waals surface area contributed by atoms with Crippen molar-refractivity contribution in [2.75, 3.05) is 18.6 Å². The first-order valence-corrected chi connectivity index (χ1v) is 8.19. The fourth-order valence-corrected chi connectivity index (χ4v) is 3.40. The molecule has 2 aliphatic rings. The first-order valence-electron chi connectivity index (χ1n) is 6.46. The van der Waals surface area contributed by atoms with Gasteiger partial charge >= 0.3 is 0 Å². The van der Waals surface area contributed by atoms with Crippen molar-refractivity contribution in [3.8, 4) is 0 Å². The molecule has 5 heteroatoms. The average Bonchev–Trinajstić information content (AvgIpc) is 2.87. The smallest absolute Gasteiger partial charge is 0.240 e. The van der Waals surface area contributed by atoms with Gasteiger partial charge in [-0.05, 0) is 25.7 Å². The molecular weight excluding hydrogens is 236 g/mol. The van der Waals surface area contributed by atoms with E-state index in [1.165, 1.54) is 25.7 Å². The lowest BCUT2D eigenvalue weighted by atomic mass is 10.0. The lowest BCUT2D eigenvalue weighted by Crippen LogP contribution is -2.44. The normalized spacial score (nSPS) is 32.4. The average molecular weight is 258 g/mol. The topological polar surface area (TPSA) is 49.4 Å². The predicted octanol–water partition coefficient (Wildman–Crippen LogP) is 0.702. The molecule has 0 spiro atoms. The standard InChI is InChI=1S/C12H22N2O2S/c1-9-12(15)14(7-8-17(2)16)11(13-9)10-5-3-4-6-10/h9-11,13H,3-8H2,1-2H3. The number of hydrogen-bond acceptors (Lipinski definition) is 3. The van der Waals surface area contributed by atoms with Crippen molar-refractivity contribution in [2.24, 2.45) is 5.92 Å². The zero-order valence-electron chi connectivity index (χ0n) is 10.6. The van der Waals surface area contributed by atoms with E-state index in [4.69, 9.17) is 0 Å². The highest BCUT2D eigenvalue weighted by atomic mass is 32.2. The second-order valence-corrected chi connectivity index (χ2v) is 6.74. The van der Waals surface area contributed by atoms with E-state index in [0.717, 1.165) is 0 Å². The van der Waals surface area contributed by atoms with Crippen LogP contribution in [0.1, 0.15) is 32.6 Å². The summed E-state index contributed by atoms with van der Waals surface area (Å²) < 4.78 is 11.2. The van der Waals surface area contributed by atoms with E-state index in [1.54, 1.807) is 6.26 Å². The molecule has 0 aromatic carbocycles. The Morgan fingerprint density at radius 3 is 2.65 bits per heavy atom. The quantitative estimate of drug-likeness (QED) is 0.807. The van der Waals surface area contributed by atoms with Gasteiger partial charge in [-0.15, -0.1) is 0 Å². The highest BCUT2D eigenvalue weighted by molar-refractivity contribution is 7.84. The van der Waals surface area contributed by atoms with Crippen LogP contribution in [0.2, 0.25) is 0 Å². The van der Waals surface area contributed by atoms with Gasteiger partial charge in [0.15, 0.2) is 0 Å². The Balaban J connectivity index is 2.01. The first kappa shape index (κ1) is 13.0. The number of nitrogens with one attached hydrogen (secondary N) is 1. The molecule has 0 radical (unpaired) electrons. The molecule has 2 fully saturated rings. The van der Waals surface area contributed by atoms with Crippen LogP contribution in [0.25, 0.3) is 0 Å². The van der Waals surface area contributed by atoms with Gasteiger partial charge in [0, 0.05) is 29.4 Å². The summed E-state index contributed by atoms with van der Waals surface area (Å²) in [6.07, 6.45) is 6.86. The van der Waals surface area contributed by atoms with Crippen LogP contribution in [0.5, 0.6) is 0 Å². The molecule has 1 saturated heterocycles. The number of nitrogens with zero attached hydrogens (tertiary/aromatic N) is 1. The number of amides is 1.